The Labute approximate surface area is 205 Å². The minimum Gasteiger partial charge on any atom is -0.489 e. The molecular weight excluding hydrogens is 461 g/mol. The Kier molecular flexibility index (Phi) is 5.21. The number of hydrogen-bond acceptors (Lipinski definition) is 6. The minimum atomic E-state index is -0.282. The highest BCUT2D eigenvalue weighted by molar-refractivity contribution is 5.95. The van der Waals surface area contributed by atoms with Gasteiger partial charge in [0.15, 0.2) is 17.3 Å². The van der Waals surface area contributed by atoms with Crippen molar-refractivity contribution in [2.24, 2.45) is 0 Å². The van der Waals surface area contributed by atoms with Crippen molar-refractivity contribution in [2.75, 3.05) is 5.32 Å². The van der Waals surface area contributed by atoms with Crippen LogP contribution in [0.1, 0.15) is 40.5 Å². The molecule has 4 heterocycles. The number of anilines is 1. The third-order valence-electron chi connectivity index (χ3n) is 6.30. The van der Waals surface area contributed by atoms with Gasteiger partial charge in [0.25, 0.3) is 0 Å². The summed E-state index contributed by atoms with van der Waals surface area (Å²) in [7, 11) is 0. The van der Waals surface area contributed by atoms with Crippen LogP contribution >= 0.6 is 0 Å². The lowest BCUT2D eigenvalue weighted by molar-refractivity contribution is -0.116. The standard InChI is InChI=1S/C26H22FN7O2/c1-15-25-21(18-4-3-5-20(12-18)36-14-17-6-8-19(27)9-7-17)13-24(35)28-26(25)34(31-15)23-11-10-22-30-29-16(2)33(22)32-23/h3-12,21H,13-14H2,1-2H3,(H,28,35)/t21-/m1/s1. The van der Waals surface area contributed by atoms with E-state index in [4.69, 9.17) is 9.84 Å². The molecule has 0 fully saturated rings. The van der Waals surface area contributed by atoms with Crippen LogP contribution in [0.25, 0.3) is 11.5 Å². The number of aryl methyl sites for hydroxylation is 2. The van der Waals surface area contributed by atoms with E-state index in [0.29, 0.717) is 35.5 Å². The zero-order valence-corrected chi connectivity index (χ0v) is 19.6. The Morgan fingerprint density at radius 3 is 2.72 bits per heavy atom. The first kappa shape index (κ1) is 21.9. The van der Waals surface area contributed by atoms with Crippen molar-refractivity contribution in [3.63, 3.8) is 0 Å². The zero-order chi connectivity index (χ0) is 24.8. The van der Waals surface area contributed by atoms with Gasteiger partial charge in [-0.3, -0.25) is 4.79 Å². The van der Waals surface area contributed by atoms with Gasteiger partial charge in [0.05, 0.1) is 5.69 Å². The summed E-state index contributed by atoms with van der Waals surface area (Å²) in [6.07, 6.45) is 0.290. The predicted molar refractivity (Wildman–Crippen MR) is 130 cm³/mol. The Bertz CT molecular complexity index is 1610. The minimum absolute atomic E-state index is 0.104. The molecule has 3 aromatic heterocycles. The van der Waals surface area contributed by atoms with E-state index >= 15 is 0 Å². The maximum absolute atomic E-state index is 13.2. The number of aromatic nitrogens is 6. The number of ether oxygens (including phenoxy) is 1. The Morgan fingerprint density at radius 2 is 1.89 bits per heavy atom. The number of hydrogen-bond donors (Lipinski definition) is 1. The summed E-state index contributed by atoms with van der Waals surface area (Å²) in [6, 6.07) is 17.5. The molecule has 0 radical (unpaired) electrons. The van der Waals surface area contributed by atoms with Crippen molar-refractivity contribution in [2.45, 2.75) is 32.8 Å². The van der Waals surface area contributed by atoms with Gasteiger partial charge < -0.3 is 10.1 Å². The number of amides is 1. The summed E-state index contributed by atoms with van der Waals surface area (Å²) in [4.78, 5) is 12.8. The summed E-state index contributed by atoms with van der Waals surface area (Å²) < 4.78 is 22.4. The molecule has 180 valence electrons. The van der Waals surface area contributed by atoms with Crippen molar-refractivity contribution in [1.82, 2.24) is 29.6 Å². The average molecular weight is 484 g/mol. The van der Waals surface area contributed by atoms with Crippen LogP contribution in [0.4, 0.5) is 10.2 Å². The normalized spacial score (nSPS) is 15.1. The van der Waals surface area contributed by atoms with Crippen LogP contribution in [-0.2, 0) is 11.4 Å². The van der Waals surface area contributed by atoms with Crippen molar-refractivity contribution in [3.8, 4) is 11.6 Å². The van der Waals surface area contributed by atoms with Crippen molar-refractivity contribution >= 4 is 17.4 Å². The maximum Gasteiger partial charge on any atom is 0.226 e. The van der Waals surface area contributed by atoms with Crippen LogP contribution in [0.3, 0.4) is 0 Å². The van der Waals surface area contributed by atoms with E-state index in [1.807, 2.05) is 44.2 Å². The lowest BCUT2D eigenvalue weighted by atomic mass is 9.86. The highest BCUT2D eigenvalue weighted by Gasteiger charge is 2.33. The number of carbonyl (C=O) groups excluding carboxylic acids is 1. The fourth-order valence-corrected chi connectivity index (χ4v) is 4.57. The van der Waals surface area contributed by atoms with Crippen molar-refractivity contribution < 1.29 is 13.9 Å². The molecule has 0 saturated heterocycles. The number of rotatable bonds is 5. The highest BCUT2D eigenvalue weighted by atomic mass is 19.1. The molecule has 1 amide bonds. The number of fused-ring (bicyclic) bond motifs is 2. The molecule has 2 aromatic carbocycles. The monoisotopic (exact) mass is 483 g/mol. The highest BCUT2D eigenvalue weighted by Crippen LogP contribution is 2.40. The molecule has 10 heteroatoms. The Morgan fingerprint density at radius 1 is 1.06 bits per heavy atom. The van der Waals surface area contributed by atoms with E-state index in [9.17, 15) is 9.18 Å². The summed E-state index contributed by atoms with van der Waals surface area (Å²) in [6.45, 7) is 4.06. The summed E-state index contributed by atoms with van der Waals surface area (Å²) >= 11 is 0. The van der Waals surface area contributed by atoms with Gasteiger partial charge in [0.1, 0.15) is 24.0 Å². The molecule has 6 rings (SSSR count). The van der Waals surface area contributed by atoms with Crippen LogP contribution in [0.15, 0.2) is 60.7 Å². The number of carbonyl (C=O) groups is 1. The lowest BCUT2D eigenvalue weighted by Gasteiger charge is -2.24. The molecule has 0 unspecified atom stereocenters. The predicted octanol–water partition coefficient (Wildman–Crippen LogP) is 4.12. The third-order valence-corrected chi connectivity index (χ3v) is 6.30. The van der Waals surface area contributed by atoms with Gasteiger partial charge in [-0.15, -0.1) is 15.3 Å². The first-order chi connectivity index (χ1) is 17.5. The smallest absolute Gasteiger partial charge is 0.226 e. The number of benzene rings is 2. The molecule has 1 N–H and O–H groups in total. The second-order valence-electron chi connectivity index (χ2n) is 8.76. The fraction of sp³-hybridized carbons (Fsp3) is 0.192. The molecule has 0 aliphatic carbocycles. The van der Waals surface area contributed by atoms with E-state index in [1.165, 1.54) is 12.1 Å². The molecule has 0 bridgehead atoms. The zero-order valence-electron chi connectivity index (χ0n) is 19.6. The van der Waals surface area contributed by atoms with E-state index in [-0.39, 0.29) is 24.1 Å². The summed E-state index contributed by atoms with van der Waals surface area (Å²) in [5.74, 6) is 1.89. The molecule has 0 saturated carbocycles. The van der Waals surface area contributed by atoms with E-state index in [0.717, 1.165) is 22.4 Å². The van der Waals surface area contributed by atoms with E-state index < -0.39 is 0 Å². The van der Waals surface area contributed by atoms with Crippen molar-refractivity contribution in [3.05, 3.63) is 94.7 Å². The summed E-state index contributed by atoms with van der Waals surface area (Å²) in [5.41, 5.74) is 4.19. The van der Waals surface area contributed by atoms with E-state index in [2.05, 4.69) is 20.6 Å². The molecular formula is C26H22FN7O2. The number of nitrogens with one attached hydrogen (secondary N) is 1. The van der Waals surface area contributed by atoms with Crippen LogP contribution in [0.2, 0.25) is 0 Å². The molecule has 1 atom stereocenters. The van der Waals surface area contributed by atoms with E-state index in [1.54, 1.807) is 27.4 Å². The molecule has 5 aromatic rings. The van der Waals surface area contributed by atoms with Crippen LogP contribution in [0, 0.1) is 19.7 Å². The van der Waals surface area contributed by atoms with Crippen molar-refractivity contribution in [1.29, 1.82) is 0 Å². The molecule has 9 nitrogen and oxygen atoms in total. The average Bonchev–Trinajstić information content (AvgIpc) is 3.42. The van der Waals surface area contributed by atoms with Crippen LogP contribution < -0.4 is 10.1 Å². The van der Waals surface area contributed by atoms with Gasteiger partial charge in [0.2, 0.25) is 5.91 Å². The SMILES string of the molecule is Cc1nn(-c2ccc3nnc(C)n3n2)c2c1[C@@H](c1cccc(OCc3ccc(F)cc3)c1)CC(=O)N2. The fourth-order valence-electron chi connectivity index (χ4n) is 4.57. The molecule has 1 aliphatic rings. The first-order valence-electron chi connectivity index (χ1n) is 11.5. The maximum atomic E-state index is 13.2. The lowest BCUT2D eigenvalue weighted by Crippen LogP contribution is -2.25. The van der Waals surface area contributed by atoms with Gasteiger partial charge >= 0.3 is 0 Å². The first-order valence-corrected chi connectivity index (χ1v) is 11.5. The van der Waals surface area contributed by atoms with Crippen LogP contribution in [-0.4, -0.2) is 35.5 Å². The Hall–Kier alpha value is -4.60. The summed E-state index contributed by atoms with van der Waals surface area (Å²) in [5, 5.41) is 20.5. The van der Waals surface area contributed by atoms with Gasteiger partial charge in [-0.25, -0.2) is 4.39 Å². The second-order valence-corrected chi connectivity index (χ2v) is 8.76. The Balaban J connectivity index is 1.34. The molecule has 0 spiro atoms. The largest absolute Gasteiger partial charge is 0.489 e. The molecule has 1 aliphatic heterocycles. The van der Waals surface area contributed by atoms with Gasteiger partial charge in [-0.05, 0) is 61.4 Å². The quantitative estimate of drug-likeness (QED) is 0.404. The van der Waals surface area contributed by atoms with Crippen LogP contribution in [0.5, 0.6) is 5.75 Å². The second kappa shape index (κ2) is 8.56. The van der Waals surface area contributed by atoms with Gasteiger partial charge in [-0.2, -0.15) is 14.3 Å². The number of halogens is 1. The van der Waals surface area contributed by atoms with Gasteiger partial charge in [-0.1, -0.05) is 24.3 Å². The number of nitrogens with zero attached hydrogens (tertiary/aromatic N) is 6. The van der Waals surface area contributed by atoms with Gasteiger partial charge in [0, 0.05) is 17.9 Å². The third kappa shape index (κ3) is 3.86. The topological polar surface area (TPSA) is 99.2 Å². The molecule has 36 heavy (non-hydrogen) atoms.